The van der Waals surface area contributed by atoms with E-state index in [9.17, 15) is 10.2 Å². The van der Waals surface area contributed by atoms with Crippen molar-refractivity contribution in [1.82, 2.24) is 5.32 Å². The van der Waals surface area contributed by atoms with E-state index in [1.165, 1.54) is 12.8 Å². The van der Waals surface area contributed by atoms with Crippen LogP contribution in [-0.4, -0.2) is 29.4 Å². The number of hydrogen-bond donors (Lipinski definition) is 3. The van der Waals surface area contributed by atoms with Crippen molar-refractivity contribution in [1.29, 1.82) is 0 Å². The highest BCUT2D eigenvalue weighted by atomic mass is 16.3. The molecule has 0 radical (unpaired) electrons. The van der Waals surface area contributed by atoms with Crippen molar-refractivity contribution in [3.05, 3.63) is 42.0 Å². The minimum absolute atomic E-state index is 0.0282. The Morgan fingerprint density at radius 3 is 2.42 bits per heavy atom. The third-order valence-corrected chi connectivity index (χ3v) is 4.79. The molecule has 1 rings (SSSR count). The maximum atomic E-state index is 10.4. The lowest BCUT2D eigenvalue weighted by Gasteiger charge is -2.22. The van der Waals surface area contributed by atoms with E-state index in [0.717, 1.165) is 30.7 Å². The molecule has 1 aromatic rings. The summed E-state index contributed by atoms with van der Waals surface area (Å²) in [5, 5.41) is 23.0. The summed E-state index contributed by atoms with van der Waals surface area (Å²) in [6.07, 6.45) is 9.00. The summed E-state index contributed by atoms with van der Waals surface area (Å²) in [6, 6.07) is 7.22. The normalized spacial score (nSPS) is 16.9. The van der Waals surface area contributed by atoms with E-state index < -0.39 is 0 Å². The molecule has 0 heterocycles. The Hall–Kier alpha value is -1.32. The molecule has 4 atom stereocenters. The summed E-state index contributed by atoms with van der Waals surface area (Å²) >= 11 is 0. The largest absolute Gasteiger partial charge is 0.508 e. The van der Waals surface area contributed by atoms with Crippen LogP contribution in [0.2, 0.25) is 0 Å². The fourth-order valence-electron chi connectivity index (χ4n) is 2.99. The van der Waals surface area contributed by atoms with Gasteiger partial charge in [0.25, 0.3) is 0 Å². The van der Waals surface area contributed by atoms with Crippen LogP contribution in [0.4, 0.5) is 0 Å². The monoisotopic (exact) mass is 333 g/mol. The lowest BCUT2D eigenvalue weighted by molar-refractivity contribution is 0.122. The van der Waals surface area contributed by atoms with Gasteiger partial charge in [0.2, 0.25) is 0 Å². The second kappa shape index (κ2) is 11.3. The first-order valence-electron chi connectivity index (χ1n) is 9.26. The SMILES string of the molecule is CC[C@@H](C)C[C@H](C)C=CCC[C@H](O)[C@@H](Cc1ccc(O)cc1)NC. The summed E-state index contributed by atoms with van der Waals surface area (Å²) in [5.74, 6) is 1.65. The van der Waals surface area contributed by atoms with Gasteiger partial charge in [0.15, 0.2) is 0 Å². The number of phenols is 1. The predicted octanol–water partition coefficient (Wildman–Crippen LogP) is 4.29. The molecule has 136 valence electrons. The highest BCUT2D eigenvalue weighted by molar-refractivity contribution is 5.26. The van der Waals surface area contributed by atoms with Crippen molar-refractivity contribution in [2.24, 2.45) is 11.8 Å². The molecule has 0 aromatic heterocycles. The lowest BCUT2D eigenvalue weighted by atomic mass is 9.94. The Morgan fingerprint density at radius 2 is 1.83 bits per heavy atom. The number of allylic oxidation sites excluding steroid dienone is 2. The van der Waals surface area contributed by atoms with Crippen molar-refractivity contribution in [3.8, 4) is 5.75 Å². The number of aromatic hydroxyl groups is 1. The minimum Gasteiger partial charge on any atom is -0.508 e. The molecule has 0 aliphatic heterocycles. The van der Waals surface area contributed by atoms with Gasteiger partial charge < -0.3 is 15.5 Å². The average molecular weight is 334 g/mol. The van der Waals surface area contributed by atoms with E-state index in [2.05, 4.69) is 38.2 Å². The second-order valence-electron chi connectivity index (χ2n) is 7.06. The van der Waals surface area contributed by atoms with E-state index in [1.54, 1.807) is 12.1 Å². The number of hydrogen-bond acceptors (Lipinski definition) is 3. The minimum atomic E-state index is -0.377. The van der Waals surface area contributed by atoms with Gasteiger partial charge >= 0.3 is 0 Å². The van der Waals surface area contributed by atoms with E-state index in [0.29, 0.717) is 5.92 Å². The molecule has 0 fully saturated rings. The number of aliphatic hydroxyl groups is 1. The van der Waals surface area contributed by atoms with Gasteiger partial charge in [-0.05, 0) is 62.3 Å². The number of aliphatic hydroxyl groups excluding tert-OH is 1. The van der Waals surface area contributed by atoms with Crippen LogP contribution in [0.25, 0.3) is 0 Å². The molecule has 3 N–H and O–H groups in total. The summed E-state index contributed by atoms with van der Waals surface area (Å²) in [5.41, 5.74) is 1.11. The first-order chi connectivity index (χ1) is 11.5. The fraction of sp³-hybridized carbons (Fsp3) is 0.619. The fourth-order valence-corrected chi connectivity index (χ4v) is 2.99. The van der Waals surface area contributed by atoms with Gasteiger partial charge in [0.1, 0.15) is 5.75 Å². The van der Waals surface area contributed by atoms with E-state index >= 15 is 0 Å². The number of benzene rings is 1. The Morgan fingerprint density at radius 1 is 1.17 bits per heavy atom. The predicted molar refractivity (Wildman–Crippen MR) is 102 cm³/mol. The Bertz CT molecular complexity index is 469. The van der Waals surface area contributed by atoms with E-state index in [4.69, 9.17) is 0 Å². The van der Waals surface area contributed by atoms with Gasteiger partial charge in [-0.2, -0.15) is 0 Å². The number of rotatable bonds is 11. The number of likely N-dealkylation sites (N-methyl/N-ethyl adjacent to an activating group) is 1. The molecule has 0 bridgehead atoms. The van der Waals surface area contributed by atoms with Gasteiger partial charge in [-0.3, -0.25) is 0 Å². The maximum absolute atomic E-state index is 10.4. The molecule has 1 aromatic carbocycles. The average Bonchev–Trinajstić information content (AvgIpc) is 2.57. The van der Waals surface area contributed by atoms with Crippen molar-refractivity contribution in [3.63, 3.8) is 0 Å². The molecule has 0 aliphatic carbocycles. The van der Waals surface area contributed by atoms with E-state index in [-0.39, 0.29) is 17.9 Å². The summed E-state index contributed by atoms with van der Waals surface area (Å²) in [6.45, 7) is 6.80. The van der Waals surface area contributed by atoms with Gasteiger partial charge in [-0.15, -0.1) is 0 Å². The zero-order chi connectivity index (χ0) is 17.9. The number of nitrogens with one attached hydrogen (secondary N) is 1. The Balaban J connectivity index is 2.38. The van der Waals surface area contributed by atoms with Gasteiger partial charge in [0.05, 0.1) is 6.10 Å². The Kier molecular flexibility index (Phi) is 9.73. The van der Waals surface area contributed by atoms with E-state index in [1.807, 2.05) is 19.2 Å². The van der Waals surface area contributed by atoms with Crippen molar-refractivity contribution >= 4 is 0 Å². The highest BCUT2D eigenvalue weighted by Gasteiger charge is 2.17. The topological polar surface area (TPSA) is 52.5 Å². The molecule has 0 unspecified atom stereocenters. The highest BCUT2D eigenvalue weighted by Crippen LogP contribution is 2.17. The van der Waals surface area contributed by atoms with Crippen LogP contribution < -0.4 is 5.32 Å². The van der Waals surface area contributed by atoms with Crippen LogP contribution in [0, 0.1) is 11.8 Å². The maximum Gasteiger partial charge on any atom is 0.115 e. The van der Waals surface area contributed by atoms with Crippen molar-refractivity contribution in [2.45, 2.75) is 65.0 Å². The molecular formula is C21H35NO2. The summed E-state index contributed by atoms with van der Waals surface area (Å²) in [4.78, 5) is 0. The van der Waals surface area contributed by atoms with Crippen LogP contribution in [0.5, 0.6) is 5.75 Å². The quantitative estimate of drug-likeness (QED) is 0.529. The smallest absolute Gasteiger partial charge is 0.115 e. The van der Waals surface area contributed by atoms with Crippen LogP contribution in [0.3, 0.4) is 0 Å². The lowest BCUT2D eigenvalue weighted by Crippen LogP contribution is -2.39. The van der Waals surface area contributed by atoms with Crippen LogP contribution in [-0.2, 0) is 6.42 Å². The third-order valence-electron chi connectivity index (χ3n) is 4.79. The molecule has 0 amide bonds. The summed E-state index contributed by atoms with van der Waals surface area (Å²) in [7, 11) is 1.89. The van der Waals surface area contributed by atoms with Crippen LogP contribution in [0.15, 0.2) is 36.4 Å². The van der Waals surface area contributed by atoms with Gasteiger partial charge in [-0.1, -0.05) is 51.5 Å². The zero-order valence-electron chi connectivity index (χ0n) is 15.7. The van der Waals surface area contributed by atoms with Crippen LogP contribution in [0.1, 0.15) is 52.0 Å². The van der Waals surface area contributed by atoms with Gasteiger partial charge in [0, 0.05) is 6.04 Å². The third kappa shape index (κ3) is 7.98. The second-order valence-corrected chi connectivity index (χ2v) is 7.06. The molecule has 0 aliphatic rings. The molecule has 0 saturated heterocycles. The van der Waals surface area contributed by atoms with Crippen LogP contribution >= 0.6 is 0 Å². The molecule has 24 heavy (non-hydrogen) atoms. The molecule has 3 heteroatoms. The zero-order valence-corrected chi connectivity index (χ0v) is 15.7. The molecule has 3 nitrogen and oxygen atoms in total. The first kappa shape index (κ1) is 20.7. The standard InChI is InChI=1S/C21H35NO2/c1-5-16(2)14-17(3)8-6-7-9-21(24)20(22-4)15-18-10-12-19(23)13-11-18/h6,8,10-13,16-17,20-24H,5,7,9,14-15H2,1-4H3/t16-,17-,20-,21+/m1/s1. The van der Waals surface area contributed by atoms with Crippen molar-refractivity contribution < 1.29 is 10.2 Å². The Labute approximate surface area is 147 Å². The summed E-state index contributed by atoms with van der Waals surface area (Å²) < 4.78 is 0. The number of phenolic OH excluding ortho intramolecular Hbond substituents is 1. The van der Waals surface area contributed by atoms with Crippen molar-refractivity contribution in [2.75, 3.05) is 7.05 Å². The van der Waals surface area contributed by atoms with Gasteiger partial charge in [-0.25, -0.2) is 0 Å². The first-order valence-corrected chi connectivity index (χ1v) is 9.26. The molecule has 0 spiro atoms. The molecule has 0 saturated carbocycles. The molecular weight excluding hydrogens is 298 g/mol.